The van der Waals surface area contributed by atoms with Crippen LogP contribution in [-0.4, -0.2) is 28.8 Å². The number of hydrogen-bond donors (Lipinski definition) is 4. The maximum atomic E-state index is 12.0. The van der Waals surface area contributed by atoms with Crippen LogP contribution in [0.2, 0.25) is 5.02 Å². The van der Waals surface area contributed by atoms with Gasteiger partial charge in [-0.2, -0.15) is 0 Å². The molecule has 5 N–H and O–H groups in total. The number of primary sulfonamides is 1. The first kappa shape index (κ1) is 20.6. The number of hydrazine groups is 1. The second-order valence-electron chi connectivity index (χ2n) is 5.04. The SMILES string of the molecule is NS(=O)(=O)c1ccc(C(=O)NNC(=O)NS(=O)(=O)c2ccc(Cl)cc2)cc1. The molecule has 3 amide bonds. The van der Waals surface area contributed by atoms with E-state index < -0.39 is 32.0 Å². The van der Waals surface area contributed by atoms with Crippen LogP contribution in [0.4, 0.5) is 4.79 Å². The average molecular weight is 433 g/mol. The molecular weight excluding hydrogens is 420 g/mol. The Balaban J connectivity index is 1.96. The van der Waals surface area contributed by atoms with Crippen LogP contribution >= 0.6 is 11.6 Å². The van der Waals surface area contributed by atoms with Gasteiger partial charge in [0, 0.05) is 10.6 Å². The molecule has 0 bridgehead atoms. The van der Waals surface area contributed by atoms with E-state index in [2.05, 4.69) is 0 Å². The molecule has 0 atom stereocenters. The van der Waals surface area contributed by atoms with Crippen molar-refractivity contribution in [1.82, 2.24) is 15.6 Å². The molecule has 13 heteroatoms. The predicted molar refractivity (Wildman–Crippen MR) is 95.6 cm³/mol. The van der Waals surface area contributed by atoms with E-state index in [1.807, 2.05) is 10.9 Å². The zero-order valence-electron chi connectivity index (χ0n) is 13.3. The van der Waals surface area contributed by atoms with Crippen LogP contribution in [-0.2, 0) is 20.0 Å². The minimum atomic E-state index is -4.16. The molecule has 0 aliphatic rings. The predicted octanol–water partition coefficient (Wildman–Crippen LogP) is 0.320. The molecule has 0 heterocycles. The zero-order chi connectivity index (χ0) is 20.2. The van der Waals surface area contributed by atoms with Gasteiger partial charge in [0.15, 0.2) is 0 Å². The van der Waals surface area contributed by atoms with Crippen LogP contribution in [0.1, 0.15) is 10.4 Å². The van der Waals surface area contributed by atoms with Gasteiger partial charge in [0.2, 0.25) is 10.0 Å². The van der Waals surface area contributed by atoms with Crippen LogP contribution < -0.4 is 20.7 Å². The molecule has 0 aliphatic carbocycles. The molecule has 0 aliphatic heterocycles. The van der Waals surface area contributed by atoms with E-state index in [0.29, 0.717) is 5.02 Å². The third-order valence-electron chi connectivity index (χ3n) is 3.09. The Morgan fingerprint density at radius 1 is 0.815 bits per heavy atom. The summed E-state index contributed by atoms with van der Waals surface area (Å²) >= 11 is 5.66. The summed E-state index contributed by atoms with van der Waals surface area (Å²) < 4.78 is 48.0. The lowest BCUT2D eigenvalue weighted by Gasteiger charge is -2.10. The molecule has 2 aromatic rings. The number of rotatable bonds is 4. The maximum absolute atomic E-state index is 12.0. The van der Waals surface area contributed by atoms with Gasteiger partial charge in [-0.05, 0) is 48.5 Å². The smallest absolute Gasteiger partial charge is 0.267 e. The molecule has 144 valence electrons. The molecule has 0 fully saturated rings. The van der Waals surface area contributed by atoms with E-state index in [1.165, 1.54) is 36.4 Å². The normalized spacial score (nSPS) is 11.5. The highest BCUT2D eigenvalue weighted by molar-refractivity contribution is 7.90. The lowest BCUT2D eigenvalue weighted by atomic mass is 10.2. The van der Waals surface area contributed by atoms with Crippen molar-refractivity contribution in [2.45, 2.75) is 9.79 Å². The highest BCUT2D eigenvalue weighted by Gasteiger charge is 2.18. The van der Waals surface area contributed by atoms with Crippen molar-refractivity contribution in [3.63, 3.8) is 0 Å². The largest absolute Gasteiger partial charge is 0.347 e. The number of nitrogens with two attached hydrogens (primary N) is 1. The Kier molecular flexibility index (Phi) is 6.05. The number of nitrogens with one attached hydrogen (secondary N) is 3. The van der Waals surface area contributed by atoms with Crippen molar-refractivity contribution >= 4 is 43.6 Å². The van der Waals surface area contributed by atoms with Crippen molar-refractivity contribution in [1.29, 1.82) is 0 Å². The first-order valence-corrected chi connectivity index (χ1v) is 10.4. The molecule has 0 radical (unpaired) electrons. The highest BCUT2D eigenvalue weighted by atomic mass is 35.5. The van der Waals surface area contributed by atoms with Gasteiger partial charge in [-0.15, -0.1) is 0 Å². The van der Waals surface area contributed by atoms with Gasteiger partial charge in [0.05, 0.1) is 9.79 Å². The van der Waals surface area contributed by atoms with Gasteiger partial charge in [0.25, 0.3) is 15.9 Å². The molecule has 0 saturated carbocycles. The van der Waals surface area contributed by atoms with E-state index in [-0.39, 0.29) is 15.4 Å². The van der Waals surface area contributed by atoms with Crippen molar-refractivity contribution in [3.8, 4) is 0 Å². The summed E-state index contributed by atoms with van der Waals surface area (Å²) in [6.07, 6.45) is 0. The maximum Gasteiger partial charge on any atom is 0.347 e. The third-order valence-corrected chi connectivity index (χ3v) is 5.61. The monoisotopic (exact) mass is 432 g/mol. The van der Waals surface area contributed by atoms with Crippen LogP contribution in [0.15, 0.2) is 58.3 Å². The lowest BCUT2D eigenvalue weighted by molar-refractivity contribution is 0.0936. The minimum absolute atomic E-state index is 0.00302. The summed E-state index contributed by atoms with van der Waals surface area (Å²) in [5.41, 5.74) is 3.84. The second kappa shape index (κ2) is 7.92. The quantitative estimate of drug-likeness (QED) is 0.508. The molecule has 2 rings (SSSR count). The van der Waals surface area contributed by atoms with Gasteiger partial charge in [-0.25, -0.2) is 36.9 Å². The summed E-state index contributed by atoms with van der Waals surface area (Å²) in [6, 6.07) is 8.40. The van der Waals surface area contributed by atoms with Crippen LogP contribution in [0.25, 0.3) is 0 Å². The highest BCUT2D eigenvalue weighted by Crippen LogP contribution is 2.13. The fourth-order valence-electron chi connectivity index (χ4n) is 1.80. The van der Waals surface area contributed by atoms with Gasteiger partial charge in [-0.3, -0.25) is 10.2 Å². The van der Waals surface area contributed by atoms with Crippen LogP contribution in [0.5, 0.6) is 0 Å². The Morgan fingerprint density at radius 3 is 1.85 bits per heavy atom. The fourth-order valence-corrected chi connectivity index (χ4v) is 3.35. The van der Waals surface area contributed by atoms with Crippen LogP contribution in [0.3, 0.4) is 0 Å². The molecule has 0 saturated heterocycles. The molecule has 0 aromatic heterocycles. The number of benzene rings is 2. The molecule has 0 unspecified atom stereocenters. The van der Waals surface area contributed by atoms with Gasteiger partial charge < -0.3 is 0 Å². The van der Waals surface area contributed by atoms with Crippen molar-refractivity contribution in [2.75, 3.05) is 0 Å². The lowest BCUT2D eigenvalue weighted by Crippen LogP contribution is -2.48. The third kappa shape index (κ3) is 5.65. The number of carbonyl (C=O) groups excluding carboxylic acids is 2. The fraction of sp³-hybridized carbons (Fsp3) is 0. The number of halogens is 1. The van der Waals surface area contributed by atoms with Crippen molar-refractivity contribution in [2.24, 2.45) is 5.14 Å². The van der Waals surface area contributed by atoms with Crippen molar-refractivity contribution in [3.05, 3.63) is 59.1 Å². The average Bonchev–Trinajstić information content (AvgIpc) is 2.59. The Hall–Kier alpha value is -2.67. The number of urea groups is 1. The Bertz CT molecular complexity index is 1070. The standard InChI is InChI=1S/C14H13ClN4O6S2/c15-10-3-7-12(8-4-10)27(24,25)19-14(21)18-17-13(20)9-1-5-11(6-2-9)26(16,22)23/h1-8H,(H,17,20)(H2,16,22,23)(H2,18,19,21). The van der Waals surface area contributed by atoms with Gasteiger partial charge >= 0.3 is 6.03 Å². The Labute approximate surface area is 159 Å². The topological polar surface area (TPSA) is 165 Å². The summed E-state index contributed by atoms with van der Waals surface area (Å²) in [5, 5.41) is 5.26. The van der Waals surface area contributed by atoms with Gasteiger partial charge in [-0.1, -0.05) is 11.6 Å². The van der Waals surface area contributed by atoms with E-state index >= 15 is 0 Å². The summed E-state index contributed by atoms with van der Waals surface area (Å²) in [5.74, 6) is -0.810. The number of carbonyl (C=O) groups is 2. The Morgan fingerprint density at radius 2 is 1.33 bits per heavy atom. The summed E-state index contributed by atoms with van der Waals surface area (Å²) in [6.45, 7) is 0. The summed E-state index contributed by atoms with van der Waals surface area (Å²) in [4.78, 5) is 23.2. The van der Waals surface area contributed by atoms with Gasteiger partial charge in [0.1, 0.15) is 0 Å². The first-order chi connectivity index (χ1) is 12.5. The first-order valence-electron chi connectivity index (χ1n) is 7.00. The number of sulfonamides is 2. The molecule has 0 spiro atoms. The molecule has 10 nitrogen and oxygen atoms in total. The van der Waals surface area contributed by atoms with E-state index in [4.69, 9.17) is 16.7 Å². The van der Waals surface area contributed by atoms with E-state index in [1.54, 1.807) is 4.72 Å². The van der Waals surface area contributed by atoms with Crippen molar-refractivity contribution < 1.29 is 26.4 Å². The van der Waals surface area contributed by atoms with Crippen LogP contribution in [0, 0.1) is 0 Å². The molecule has 2 aromatic carbocycles. The van der Waals surface area contributed by atoms with E-state index in [9.17, 15) is 26.4 Å². The summed E-state index contributed by atoms with van der Waals surface area (Å²) in [7, 11) is -8.07. The number of hydrogen-bond acceptors (Lipinski definition) is 6. The zero-order valence-corrected chi connectivity index (χ0v) is 15.7. The molecular formula is C14H13ClN4O6S2. The minimum Gasteiger partial charge on any atom is -0.267 e. The van der Waals surface area contributed by atoms with E-state index in [0.717, 1.165) is 12.1 Å². The molecule has 27 heavy (non-hydrogen) atoms. The second-order valence-corrected chi connectivity index (χ2v) is 8.72. The number of amides is 3.